The maximum absolute atomic E-state index is 12.5. The number of hydrogen-bond acceptors (Lipinski definition) is 2. The Kier molecular flexibility index (Phi) is 38.8. The van der Waals surface area contributed by atoms with E-state index in [-0.39, 0.29) is 12.4 Å². The molecule has 0 rings (SSSR count). The molecule has 4 heteroatoms. The van der Waals surface area contributed by atoms with Crippen molar-refractivity contribution in [1.29, 1.82) is 0 Å². The van der Waals surface area contributed by atoms with Gasteiger partial charge in [0.05, 0.1) is 40.0 Å². The van der Waals surface area contributed by atoms with Gasteiger partial charge in [-0.1, -0.05) is 194 Å². The molecule has 276 valence electrons. The van der Waals surface area contributed by atoms with Crippen LogP contribution in [0.3, 0.4) is 0 Å². The number of ketones is 2. The Labute approximate surface area is 296 Å². The van der Waals surface area contributed by atoms with Crippen molar-refractivity contribution in [3.05, 3.63) is 0 Å². The number of unbranched alkanes of at least 4 members (excludes halogenated alkanes) is 28. The largest absolute Gasteiger partial charge is 1.00 e. The standard InChI is InChI=1S/C42H84NO2.ClH/c1-5-7-9-11-13-15-17-19-21-23-25-27-29-31-33-35-41(44)37-39-43(3,4)40-38-42(45)36-34-32-30-28-26-24-22-20-18-16-14-12-10-8-6-2;/h5-40H2,1-4H3;1H/q+1;/p-1. The lowest BCUT2D eigenvalue weighted by Gasteiger charge is -2.29. The SMILES string of the molecule is CCCCCCCCCCCCCCCCCC(=O)CC[N+](C)(C)CCC(=O)CCCCCCCCCCCCCCCCC.[Cl-]. The van der Waals surface area contributed by atoms with E-state index in [4.69, 9.17) is 0 Å². The van der Waals surface area contributed by atoms with Crippen molar-refractivity contribution >= 4 is 11.6 Å². The summed E-state index contributed by atoms with van der Waals surface area (Å²) in [5.74, 6) is 0.833. The summed E-state index contributed by atoms with van der Waals surface area (Å²) in [5, 5.41) is 0. The van der Waals surface area contributed by atoms with Crippen molar-refractivity contribution in [3.63, 3.8) is 0 Å². The molecule has 0 aliphatic carbocycles. The molecule has 0 unspecified atom stereocenters. The molecule has 0 aliphatic heterocycles. The fourth-order valence-electron chi connectivity index (χ4n) is 6.60. The van der Waals surface area contributed by atoms with E-state index in [2.05, 4.69) is 27.9 Å². The second kappa shape index (κ2) is 37.4. The van der Waals surface area contributed by atoms with Gasteiger partial charge in [0.2, 0.25) is 0 Å². The molecule has 3 nitrogen and oxygen atoms in total. The first kappa shape index (κ1) is 47.7. The van der Waals surface area contributed by atoms with Gasteiger partial charge in [0, 0.05) is 12.8 Å². The van der Waals surface area contributed by atoms with Crippen molar-refractivity contribution < 1.29 is 26.5 Å². The second-order valence-electron chi connectivity index (χ2n) is 15.4. The van der Waals surface area contributed by atoms with Gasteiger partial charge in [0.15, 0.2) is 0 Å². The third kappa shape index (κ3) is 38.0. The van der Waals surface area contributed by atoms with Crippen LogP contribution < -0.4 is 12.4 Å². The third-order valence-corrected chi connectivity index (χ3v) is 10.1. The van der Waals surface area contributed by atoms with Gasteiger partial charge >= 0.3 is 0 Å². The number of nitrogens with zero attached hydrogens (tertiary/aromatic N) is 1. The molecule has 0 atom stereocenters. The Bertz CT molecular complexity index is 583. The van der Waals surface area contributed by atoms with Crippen LogP contribution in [0.2, 0.25) is 0 Å². The molecular formula is C42H84ClNO2. The van der Waals surface area contributed by atoms with E-state index in [9.17, 15) is 9.59 Å². The normalized spacial score (nSPS) is 11.6. The van der Waals surface area contributed by atoms with E-state index in [1.807, 2.05) is 0 Å². The molecule has 0 amide bonds. The lowest BCUT2D eigenvalue weighted by Crippen LogP contribution is -3.00. The quantitative estimate of drug-likeness (QED) is 0.0484. The predicted octanol–water partition coefficient (Wildman–Crippen LogP) is 10.5. The van der Waals surface area contributed by atoms with E-state index >= 15 is 0 Å². The highest BCUT2D eigenvalue weighted by atomic mass is 35.5. The summed E-state index contributed by atoms with van der Waals surface area (Å²) in [5.41, 5.74) is 0. The van der Waals surface area contributed by atoms with Gasteiger partial charge in [0.1, 0.15) is 11.6 Å². The number of Topliss-reactive ketones (excluding diaryl/α,β-unsaturated/α-hetero) is 2. The van der Waals surface area contributed by atoms with E-state index in [1.54, 1.807) is 0 Å². The van der Waals surface area contributed by atoms with Gasteiger partial charge in [0.25, 0.3) is 0 Å². The van der Waals surface area contributed by atoms with Crippen LogP contribution in [-0.4, -0.2) is 43.2 Å². The van der Waals surface area contributed by atoms with Crippen LogP contribution in [0.5, 0.6) is 0 Å². The average molecular weight is 671 g/mol. The average Bonchev–Trinajstić information content (AvgIpc) is 3.03. The molecule has 0 aromatic rings. The first-order valence-electron chi connectivity index (χ1n) is 20.8. The lowest BCUT2D eigenvalue weighted by atomic mass is 10.0. The number of quaternary nitrogens is 1. The predicted molar refractivity (Wildman–Crippen MR) is 200 cm³/mol. The maximum atomic E-state index is 12.5. The molecule has 0 aromatic carbocycles. The van der Waals surface area contributed by atoms with Crippen molar-refractivity contribution in [1.82, 2.24) is 0 Å². The zero-order chi connectivity index (χ0) is 33.1. The molecule has 0 aromatic heterocycles. The minimum absolute atomic E-state index is 0. The van der Waals surface area contributed by atoms with Crippen LogP contribution in [0.25, 0.3) is 0 Å². The van der Waals surface area contributed by atoms with Gasteiger partial charge < -0.3 is 16.9 Å². The zero-order valence-electron chi connectivity index (χ0n) is 32.1. The van der Waals surface area contributed by atoms with E-state index < -0.39 is 0 Å². The Morgan fingerprint density at radius 3 is 0.739 bits per heavy atom. The molecule has 0 saturated heterocycles. The summed E-state index contributed by atoms with van der Waals surface area (Å²) in [6.45, 7) is 6.30. The number of hydrogen-bond donors (Lipinski definition) is 0. The minimum atomic E-state index is 0. The summed E-state index contributed by atoms with van der Waals surface area (Å²) in [6.07, 6.45) is 43.6. The molecule has 0 bridgehead atoms. The summed E-state index contributed by atoms with van der Waals surface area (Å²) >= 11 is 0. The Balaban J connectivity index is 0. The minimum Gasteiger partial charge on any atom is -1.00 e. The van der Waals surface area contributed by atoms with Crippen molar-refractivity contribution in [3.8, 4) is 0 Å². The molecule has 0 N–H and O–H groups in total. The first-order valence-corrected chi connectivity index (χ1v) is 20.8. The van der Waals surface area contributed by atoms with Gasteiger partial charge in [-0.05, 0) is 12.8 Å². The molecule has 0 radical (unpaired) electrons. The highest BCUT2D eigenvalue weighted by Gasteiger charge is 2.18. The molecular weight excluding hydrogens is 586 g/mol. The van der Waals surface area contributed by atoms with Crippen molar-refractivity contribution in [2.75, 3.05) is 27.2 Å². The number of halogens is 1. The van der Waals surface area contributed by atoms with Crippen molar-refractivity contribution in [2.24, 2.45) is 0 Å². The third-order valence-electron chi connectivity index (χ3n) is 10.1. The molecule has 0 saturated carbocycles. The van der Waals surface area contributed by atoms with Gasteiger partial charge in [-0.25, -0.2) is 0 Å². The van der Waals surface area contributed by atoms with E-state index in [0.29, 0.717) is 24.4 Å². The first-order chi connectivity index (χ1) is 21.9. The van der Waals surface area contributed by atoms with Crippen molar-refractivity contribution in [2.45, 2.75) is 232 Å². The Hall–Kier alpha value is -0.410. The Morgan fingerprint density at radius 2 is 0.522 bits per heavy atom. The van der Waals surface area contributed by atoms with Crippen LogP contribution in [-0.2, 0) is 9.59 Å². The van der Waals surface area contributed by atoms with Crippen LogP contribution in [0.15, 0.2) is 0 Å². The van der Waals surface area contributed by atoms with E-state index in [1.165, 1.54) is 180 Å². The fraction of sp³-hybridized carbons (Fsp3) is 0.952. The maximum Gasteiger partial charge on any atom is 0.138 e. The lowest BCUT2D eigenvalue weighted by molar-refractivity contribution is -0.889. The number of carbonyl (C=O) groups excluding carboxylic acids is 2. The topological polar surface area (TPSA) is 34.1 Å². The summed E-state index contributed by atoms with van der Waals surface area (Å²) in [6, 6.07) is 0. The number of carbonyl (C=O) groups is 2. The van der Waals surface area contributed by atoms with Crippen LogP contribution in [0, 0.1) is 0 Å². The van der Waals surface area contributed by atoms with Crippen LogP contribution in [0.4, 0.5) is 0 Å². The summed E-state index contributed by atoms with van der Waals surface area (Å²) in [7, 11) is 4.36. The van der Waals surface area contributed by atoms with Crippen LogP contribution in [0.1, 0.15) is 232 Å². The zero-order valence-corrected chi connectivity index (χ0v) is 32.9. The molecule has 0 spiro atoms. The van der Waals surface area contributed by atoms with Crippen LogP contribution >= 0.6 is 0 Å². The highest BCUT2D eigenvalue weighted by molar-refractivity contribution is 5.78. The fourth-order valence-corrected chi connectivity index (χ4v) is 6.60. The Morgan fingerprint density at radius 1 is 0.326 bits per heavy atom. The molecule has 0 fully saturated rings. The highest BCUT2D eigenvalue weighted by Crippen LogP contribution is 2.16. The van der Waals surface area contributed by atoms with Gasteiger partial charge in [-0.3, -0.25) is 9.59 Å². The smallest absolute Gasteiger partial charge is 0.138 e. The van der Waals surface area contributed by atoms with Gasteiger partial charge in [-0.15, -0.1) is 0 Å². The summed E-state index contributed by atoms with van der Waals surface area (Å²) in [4.78, 5) is 24.9. The number of rotatable bonds is 38. The molecule has 0 heterocycles. The second-order valence-corrected chi connectivity index (χ2v) is 15.4. The van der Waals surface area contributed by atoms with Gasteiger partial charge in [-0.2, -0.15) is 0 Å². The molecule has 46 heavy (non-hydrogen) atoms. The van der Waals surface area contributed by atoms with E-state index in [0.717, 1.165) is 43.3 Å². The summed E-state index contributed by atoms with van der Waals surface area (Å²) < 4.78 is 0.787. The molecule has 0 aliphatic rings. The monoisotopic (exact) mass is 670 g/mol.